The number of rotatable bonds is 2. The van der Waals surface area contributed by atoms with Gasteiger partial charge in [-0.05, 0) is 31.2 Å². The lowest BCUT2D eigenvalue weighted by Crippen LogP contribution is -2.52. The molecular weight excluding hydrogens is 264 g/mol. The van der Waals surface area contributed by atoms with Gasteiger partial charge in [0.15, 0.2) is 0 Å². The summed E-state index contributed by atoms with van der Waals surface area (Å²) in [4.78, 5) is 26.4. The number of urea groups is 1. The molecule has 2 unspecified atom stereocenters. The van der Waals surface area contributed by atoms with E-state index in [1.807, 2.05) is 25.1 Å². The van der Waals surface area contributed by atoms with Gasteiger partial charge in [0.25, 0.3) is 5.91 Å². The maximum atomic E-state index is 12.4. The van der Waals surface area contributed by atoms with E-state index in [1.165, 1.54) is 5.56 Å². The molecule has 0 radical (unpaired) electrons. The summed E-state index contributed by atoms with van der Waals surface area (Å²) in [6.07, 6.45) is 3.70. The van der Waals surface area contributed by atoms with Crippen molar-refractivity contribution in [2.75, 3.05) is 0 Å². The Morgan fingerprint density at radius 2 is 2.19 bits per heavy atom. The van der Waals surface area contributed by atoms with E-state index in [4.69, 9.17) is 0 Å². The van der Waals surface area contributed by atoms with E-state index in [0.717, 1.165) is 31.2 Å². The highest BCUT2D eigenvalue weighted by molar-refractivity contribution is 6.07. The van der Waals surface area contributed by atoms with Crippen molar-refractivity contribution >= 4 is 11.9 Å². The Balaban J connectivity index is 1.90. The maximum absolute atomic E-state index is 12.4. The number of nitrogens with zero attached hydrogens (tertiary/aromatic N) is 1. The van der Waals surface area contributed by atoms with Crippen LogP contribution in [0.25, 0.3) is 0 Å². The molecular formula is C17H22N2O2. The van der Waals surface area contributed by atoms with Crippen LogP contribution in [0.1, 0.15) is 43.7 Å². The molecule has 3 rings (SSSR count). The maximum Gasteiger partial charge on any atom is 0.325 e. The summed E-state index contributed by atoms with van der Waals surface area (Å²) in [6, 6.07) is 7.89. The van der Waals surface area contributed by atoms with Crippen molar-refractivity contribution in [3.63, 3.8) is 0 Å². The highest BCUT2D eigenvalue weighted by atomic mass is 16.2. The van der Waals surface area contributed by atoms with Crippen molar-refractivity contribution in [3.05, 3.63) is 35.4 Å². The number of carbonyl (C=O) groups excluding carboxylic acids is 2. The molecule has 1 N–H and O–H groups in total. The van der Waals surface area contributed by atoms with E-state index >= 15 is 0 Å². The summed E-state index contributed by atoms with van der Waals surface area (Å²) >= 11 is 0. The van der Waals surface area contributed by atoms with Crippen molar-refractivity contribution in [2.45, 2.75) is 51.6 Å². The standard InChI is InChI=1S/C17H22N2O2/c1-12-5-3-7-14(9-12)11-19-16(21)18-15(20)17(19)8-4-6-13(2)10-17/h3,5,7,9,13H,4,6,8,10-11H2,1-2H3,(H,18,20,21). The molecule has 21 heavy (non-hydrogen) atoms. The molecule has 1 saturated carbocycles. The van der Waals surface area contributed by atoms with Crippen LogP contribution in [0.3, 0.4) is 0 Å². The molecule has 1 saturated heterocycles. The Morgan fingerprint density at radius 3 is 2.90 bits per heavy atom. The molecule has 0 aromatic heterocycles. The molecule has 2 atom stereocenters. The SMILES string of the molecule is Cc1cccc(CN2C(=O)NC(=O)C23CCCC(C)C3)c1. The molecule has 1 aliphatic heterocycles. The van der Waals surface area contributed by atoms with Gasteiger partial charge < -0.3 is 4.90 Å². The van der Waals surface area contributed by atoms with E-state index in [2.05, 4.69) is 18.3 Å². The minimum Gasteiger partial charge on any atom is -0.305 e. The third kappa shape index (κ3) is 2.43. The first-order valence-electron chi connectivity index (χ1n) is 7.70. The van der Waals surface area contributed by atoms with Crippen molar-refractivity contribution in [1.29, 1.82) is 0 Å². The monoisotopic (exact) mass is 286 g/mol. The van der Waals surface area contributed by atoms with E-state index in [9.17, 15) is 9.59 Å². The normalized spacial score (nSPS) is 29.0. The van der Waals surface area contributed by atoms with Crippen molar-refractivity contribution < 1.29 is 9.59 Å². The first-order chi connectivity index (χ1) is 10.0. The second-order valence-corrected chi connectivity index (χ2v) is 6.57. The molecule has 1 aliphatic carbocycles. The van der Waals surface area contributed by atoms with Crippen molar-refractivity contribution in [1.82, 2.24) is 10.2 Å². The minimum absolute atomic E-state index is 0.105. The molecule has 1 spiro atoms. The lowest BCUT2D eigenvalue weighted by Gasteiger charge is -2.40. The quantitative estimate of drug-likeness (QED) is 0.850. The van der Waals surface area contributed by atoms with Gasteiger partial charge in [-0.15, -0.1) is 0 Å². The molecule has 112 valence electrons. The number of nitrogens with one attached hydrogen (secondary N) is 1. The average Bonchev–Trinajstić information content (AvgIpc) is 2.63. The van der Waals surface area contributed by atoms with E-state index in [1.54, 1.807) is 4.90 Å². The number of carbonyl (C=O) groups is 2. The van der Waals surface area contributed by atoms with Gasteiger partial charge in [-0.1, -0.05) is 49.6 Å². The highest BCUT2D eigenvalue weighted by Crippen LogP contribution is 2.40. The zero-order valence-electron chi connectivity index (χ0n) is 12.7. The van der Waals surface area contributed by atoms with Gasteiger partial charge >= 0.3 is 6.03 Å². The van der Waals surface area contributed by atoms with Crippen LogP contribution < -0.4 is 5.32 Å². The van der Waals surface area contributed by atoms with Crippen LogP contribution >= 0.6 is 0 Å². The number of benzene rings is 1. The lowest BCUT2D eigenvalue weighted by atomic mass is 9.75. The molecule has 1 heterocycles. The first kappa shape index (κ1) is 14.1. The zero-order valence-corrected chi connectivity index (χ0v) is 12.7. The van der Waals surface area contributed by atoms with E-state index in [-0.39, 0.29) is 11.9 Å². The second-order valence-electron chi connectivity index (χ2n) is 6.57. The van der Waals surface area contributed by atoms with Crippen LogP contribution in [0, 0.1) is 12.8 Å². The third-order valence-electron chi connectivity index (χ3n) is 4.80. The molecule has 1 aromatic rings. The molecule has 4 heteroatoms. The minimum atomic E-state index is -0.626. The predicted octanol–water partition coefficient (Wildman–Crippen LogP) is 3.00. The van der Waals surface area contributed by atoms with E-state index < -0.39 is 5.54 Å². The van der Waals surface area contributed by atoms with Crippen LogP contribution in [-0.4, -0.2) is 22.4 Å². The van der Waals surface area contributed by atoms with Gasteiger partial charge in [-0.3, -0.25) is 10.1 Å². The third-order valence-corrected chi connectivity index (χ3v) is 4.80. The van der Waals surface area contributed by atoms with Gasteiger partial charge in [0.2, 0.25) is 0 Å². The van der Waals surface area contributed by atoms with E-state index in [0.29, 0.717) is 12.5 Å². The van der Waals surface area contributed by atoms with Crippen LogP contribution in [-0.2, 0) is 11.3 Å². The Hall–Kier alpha value is -1.84. The summed E-state index contributed by atoms with van der Waals surface area (Å²) in [5.74, 6) is 0.377. The number of hydrogen-bond donors (Lipinski definition) is 1. The fourth-order valence-corrected chi connectivity index (χ4v) is 3.79. The molecule has 1 aromatic carbocycles. The van der Waals surface area contributed by atoms with Crippen LogP contribution in [0.5, 0.6) is 0 Å². The smallest absolute Gasteiger partial charge is 0.305 e. The summed E-state index contributed by atoms with van der Waals surface area (Å²) < 4.78 is 0. The summed E-state index contributed by atoms with van der Waals surface area (Å²) in [6.45, 7) is 4.71. The fourth-order valence-electron chi connectivity index (χ4n) is 3.79. The van der Waals surface area contributed by atoms with Crippen molar-refractivity contribution in [3.8, 4) is 0 Å². The number of hydrogen-bond acceptors (Lipinski definition) is 2. The van der Waals surface area contributed by atoms with Crippen LogP contribution in [0.2, 0.25) is 0 Å². The Morgan fingerprint density at radius 1 is 1.38 bits per heavy atom. The number of amides is 3. The zero-order chi connectivity index (χ0) is 15.0. The van der Waals surface area contributed by atoms with Gasteiger partial charge in [-0.25, -0.2) is 4.79 Å². The summed E-state index contributed by atoms with van der Waals surface area (Å²) in [5.41, 5.74) is 1.63. The Bertz CT molecular complexity index is 584. The van der Waals surface area contributed by atoms with Crippen molar-refractivity contribution in [2.24, 2.45) is 5.92 Å². The Labute approximate surface area is 125 Å². The van der Waals surface area contributed by atoms with Crippen LogP contribution in [0.4, 0.5) is 4.79 Å². The molecule has 0 bridgehead atoms. The number of aryl methyl sites for hydroxylation is 1. The van der Waals surface area contributed by atoms with Crippen LogP contribution in [0.15, 0.2) is 24.3 Å². The van der Waals surface area contributed by atoms with Gasteiger partial charge in [0.1, 0.15) is 5.54 Å². The second kappa shape index (κ2) is 5.17. The first-order valence-corrected chi connectivity index (χ1v) is 7.70. The molecule has 3 amide bonds. The molecule has 4 nitrogen and oxygen atoms in total. The highest BCUT2D eigenvalue weighted by Gasteiger charge is 2.53. The Kier molecular flexibility index (Phi) is 3.47. The number of imide groups is 1. The topological polar surface area (TPSA) is 49.4 Å². The lowest BCUT2D eigenvalue weighted by molar-refractivity contribution is -0.129. The van der Waals surface area contributed by atoms with Gasteiger partial charge in [-0.2, -0.15) is 0 Å². The fraction of sp³-hybridized carbons (Fsp3) is 0.529. The van der Waals surface area contributed by atoms with Gasteiger partial charge in [0.05, 0.1) is 0 Å². The summed E-state index contributed by atoms with van der Waals surface area (Å²) in [5, 5.41) is 2.53. The largest absolute Gasteiger partial charge is 0.325 e. The average molecular weight is 286 g/mol. The molecule has 2 aliphatic rings. The summed E-state index contributed by atoms with van der Waals surface area (Å²) in [7, 11) is 0. The predicted molar refractivity (Wildman–Crippen MR) is 80.6 cm³/mol. The molecule has 2 fully saturated rings. The van der Waals surface area contributed by atoms with Gasteiger partial charge in [0, 0.05) is 6.54 Å².